The minimum Gasteiger partial charge on any atom is -0.237 e. The van der Waals surface area contributed by atoms with Gasteiger partial charge in [0, 0.05) is 0 Å². The first-order chi connectivity index (χ1) is 4.36. The molecule has 0 aliphatic rings. The van der Waals surface area contributed by atoms with Gasteiger partial charge in [-0.3, -0.25) is 0 Å². The molecule has 0 spiro atoms. The molecule has 1 aromatic rings. The van der Waals surface area contributed by atoms with E-state index < -0.39 is 0 Å². The average molecular weight is 206 g/mol. The summed E-state index contributed by atoms with van der Waals surface area (Å²) in [4.78, 5) is 0. The van der Waals surface area contributed by atoms with Crippen LogP contribution < -0.4 is 4.57 Å². The van der Waals surface area contributed by atoms with Crippen LogP contribution in [0.2, 0.25) is 0 Å². The third kappa shape index (κ3) is 2.14. The van der Waals surface area contributed by atoms with Crippen LogP contribution in [0.5, 0.6) is 0 Å². The Morgan fingerprint density at radius 2 is 2.10 bits per heavy atom. The molecule has 0 N–H and O–H groups in total. The fourth-order valence-corrected chi connectivity index (χ4v) is 0.813. The second-order valence-electron chi connectivity index (χ2n) is 2.07. The molecule has 0 unspecified atom stereocenters. The Labute approximate surface area is 72.3 Å². The second kappa shape index (κ2) is 4.50. The summed E-state index contributed by atoms with van der Waals surface area (Å²) in [5.41, 5.74) is 0. The quantitative estimate of drug-likeness (QED) is 0.646. The summed E-state index contributed by atoms with van der Waals surface area (Å²) in [5, 5.41) is 0. The van der Waals surface area contributed by atoms with Crippen LogP contribution in [0, 0.1) is 0 Å². The van der Waals surface area contributed by atoms with Crippen LogP contribution in [0.4, 0.5) is 0 Å². The Balaban J connectivity index is 0.000000810. The van der Waals surface area contributed by atoms with Crippen molar-refractivity contribution in [3.05, 3.63) is 18.7 Å². The number of aryl methyl sites for hydroxylation is 2. The molecule has 0 aromatic carbocycles. The number of halogens is 1. The van der Waals surface area contributed by atoms with Gasteiger partial charge in [-0.05, 0) is 13.8 Å². The van der Waals surface area contributed by atoms with Crippen molar-refractivity contribution in [2.75, 3.05) is 0 Å². The molecule has 0 saturated heterocycles. The Kier molecular flexibility index (Phi) is 4.36. The van der Waals surface area contributed by atoms with Gasteiger partial charge >= 0.3 is 0 Å². The summed E-state index contributed by atoms with van der Waals surface area (Å²) in [5.74, 6) is 0. The molecule has 1 heterocycles. The van der Waals surface area contributed by atoms with E-state index in [0.717, 1.165) is 13.1 Å². The van der Waals surface area contributed by atoms with Gasteiger partial charge in [-0.15, -0.1) is 17.0 Å². The van der Waals surface area contributed by atoms with Crippen LogP contribution in [0.25, 0.3) is 0 Å². The second-order valence-corrected chi connectivity index (χ2v) is 2.07. The smallest absolute Gasteiger partial charge is 0.237 e. The SMILES string of the molecule is Br.CCn1cc[n+](CC)c1. The summed E-state index contributed by atoms with van der Waals surface area (Å²) in [6.07, 6.45) is 6.28. The first-order valence-electron chi connectivity index (χ1n) is 3.41. The maximum Gasteiger partial charge on any atom is 0.243 e. The van der Waals surface area contributed by atoms with Gasteiger partial charge < -0.3 is 0 Å². The van der Waals surface area contributed by atoms with Gasteiger partial charge in [0.25, 0.3) is 0 Å². The summed E-state index contributed by atoms with van der Waals surface area (Å²) in [6, 6.07) is 0. The summed E-state index contributed by atoms with van der Waals surface area (Å²) in [7, 11) is 0. The third-order valence-corrected chi connectivity index (χ3v) is 1.48. The third-order valence-electron chi connectivity index (χ3n) is 1.48. The molecule has 0 bridgehead atoms. The van der Waals surface area contributed by atoms with Gasteiger partial charge in [-0.2, -0.15) is 0 Å². The molecule has 0 amide bonds. The molecule has 0 saturated carbocycles. The number of aromatic nitrogens is 2. The number of hydrogen-bond donors (Lipinski definition) is 0. The lowest BCUT2D eigenvalue weighted by atomic mass is 10.7. The van der Waals surface area contributed by atoms with Crippen LogP contribution in [0.15, 0.2) is 18.7 Å². The van der Waals surface area contributed by atoms with Crippen molar-refractivity contribution < 1.29 is 4.57 Å². The lowest BCUT2D eigenvalue weighted by molar-refractivity contribution is -0.693. The molecule has 0 atom stereocenters. The zero-order valence-corrected chi connectivity index (χ0v) is 8.16. The molecule has 58 valence electrons. The number of rotatable bonds is 2. The Hall–Kier alpha value is -0.310. The van der Waals surface area contributed by atoms with E-state index in [4.69, 9.17) is 0 Å². The standard InChI is InChI=1S/C7H13N2.BrH/c1-3-8-5-6-9(4-2)7-8;/h5-7H,3-4H2,1-2H3;1H/q+1;. The van der Waals surface area contributed by atoms with Crippen LogP contribution in [-0.4, -0.2) is 4.57 Å². The summed E-state index contributed by atoms with van der Waals surface area (Å²) in [6.45, 7) is 6.40. The molecule has 0 fully saturated rings. The molecular formula is C7H14BrN2+. The molecule has 3 heteroatoms. The van der Waals surface area contributed by atoms with Crippen molar-refractivity contribution in [2.24, 2.45) is 0 Å². The van der Waals surface area contributed by atoms with Crippen LogP contribution in [-0.2, 0) is 13.1 Å². The van der Waals surface area contributed by atoms with E-state index in [1.54, 1.807) is 0 Å². The van der Waals surface area contributed by atoms with Gasteiger partial charge in [0.1, 0.15) is 12.4 Å². The molecular weight excluding hydrogens is 192 g/mol. The molecule has 2 nitrogen and oxygen atoms in total. The van der Waals surface area contributed by atoms with Gasteiger partial charge in [-0.25, -0.2) is 9.13 Å². The van der Waals surface area contributed by atoms with Gasteiger partial charge in [0.05, 0.1) is 13.1 Å². The highest BCUT2D eigenvalue weighted by Gasteiger charge is 1.95. The van der Waals surface area contributed by atoms with Crippen LogP contribution in [0.1, 0.15) is 13.8 Å². The monoisotopic (exact) mass is 205 g/mol. The minimum atomic E-state index is 0. The van der Waals surface area contributed by atoms with Crippen molar-refractivity contribution in [1.29, 1.82) is 0 Å². The van der Waals surface area contributed by atoms with E-state index in [1.165, 1.54) is 0 Å². The predicted molar refractivity (Wildman–Crippen MR) is 46.3 cm³/mol. The van der Waals surface area contributed by atoms with E-state index >= 15 is 0 Å². The van der Waals surface area contributed by atoms with Crippen LogP contribution in [0.3, 0.4) is 0 Å². The molecule has 1 aromatic heterocycles. The average Bonchev–Trinajstić information content (AvgIpc) is 2.34. The molecule has 0 radical (unpaired) electrons. The number of imidazole rings is 1. The lowest BCUT2D eigenvalue weighted by Gasteiger charge is -1.84. The fourth-order valence-electron chi connectivity index (χ4n) is 0.813. The van der Waals surface area contributed by atoms with Gasteiger partial charge in [0.2, 0.25) is 6.33 Å². The van der Waals surface area contributed by atoms with Crippen LogP contribution >= 0.6 is 17.0 Å². The topological polar surface area (TPSA) is 8.81 Å². The summed E-state index contributed by atoms with van der Waals surface area (Å²) < 4.78 is 4.31. The highest BCUT2D eigenvalue weighted by molar-refractivity contribution is 8.93. The molecule has 10 heavy (non-hydrogen) atoms. The van der Waals surface area contributed by atoms with E-state index in [0.29, 0.717) is 0 Å². The molecule has 0 aliphatic carbocycles. The molecule has 1 rings (SSSR count). The van der Waals surface area contributed by atoms with Crippen molar-refractivity contribution in [1.82, 2.24) is 4.57 Å². The zero-order valence-electron chi connectivity index (χ0n) is 6.45. The molecule has 0 aliphatic heterocycles. The first-order valence-corrected chi connectivity index (χ1v) is 3.41. The highest BCUT2D eigenvalue weighted by Crippen LogP contribution is 1.81. The van der Waals surface area contributed by atoms with Crippen molar-refractivity contribution in [3.8, 4) is 0 Å². The highest BCUT2D eigenvalue weighted by atomic mass is 79.9. The normalized spacial score (nSPS) is 9.00. The predicted octanol–water partition coefficient (Wildman–Crippen LogP) is 1.39. The first kappa shape index (κ1) is 9.69. The van der Waals surface area contributed by atoms with Crippen molar-refractivity contribution >= 4 is 17.0 Å². The van der Waals surface area contributed by atoms with Crippen molar-refractivity contribution in [2.45, 2.75) is 26.9 Å². The zero-order chi connectivity index (χ0) is 6.69. The Morgan fingerprint density at radius 3 is 2.40 bits per heavy atom. The van der Waals surface area contributed by atoms with E-state index in [-0.39, 0.29) is 17.0 Å². The van der Waals surface area contributed by atoms with Gasteiger partial charge in [0.15, 0.2) is 0 Å². The van der Waals surface area contributed by atoms with Gasteiger partial charge in [-0.1, -0.05) is 0 Å². The van der Waals surface area contributed by atoms with E-state index in [1.807, 2.05) is 0 Å². The Bertz CT molecular complexity index is 165. The van der Waals surface area contributed by atoms with E-state index in [2.05, 4.69) is 41.7 Å². The van der Waals surface area contributed by atoms with Crippen molar-refractivity contribution in [3.63, 3.8) is 0 Å². The summed E-state index contributed by atoms with van der Waals surface area (Å²) >= 11 is 0. The Morgan fingerprint density at radius 1 is 1.40 bits per heavy atom. The number of nitrogens with zero attached hydrogens (tertiary/aromatic N) is 2. The van der Waals surface area contributed by atoms with E-state index in [9.17, 15) is 0 Å². The number of hydrogen-bond acceptors (Lipinski definition) is 0. The maximum absolute atomic E-state index is 2.16. The minimum absolute atomic E-state index is 0. The lowest BCUT2D eigenvalue weighted by Crippen LogP contribution is -2.28. The maximum atomic E-state index is 2.16. The fraction of sp³-hybridized carbons (Fsp3) is 0.571. The largest absolute Gasteiger partial charge is 0.243 e.